The zero-order valence-corrected chi connectivity index (χ0v) is 11.5. The molecule has 3 heteroatoms. The summed E-state index contributed by atoms with van der Waals surface area (Å²) < 4.78 is 18.1. The number of hydrogen-bond donors (Lipinski definition) is 1. The van der Waals surface area contributed by atoms with Gasteiger partial charge in [-0.25, -0.2) is 4.39 Å². The van der Waals surface area contributed by atoms with Crippen LogP contribution < -0.4 is 10.1 Å². The van der Waals surface area contributed by atoms with Gasteiger partial charge in [-0.05, 0) is 48.4 Å². The van der Waals surface area contributed by atoms with E-state index in [2.05, 4.69) is 11.9 Å². The number of nitrogens with one attached hydrogen (secondary N) is 1. The molecule has 0 aliphatic heterocycles. The lowest BCUT2D eigenvalue weighted by molar-refractivity contribution is 0.414. The molecule has 0 radical (unpaired) electrons. The summed E-state index contributed by atoms with van der Waals surface area (Å²) >= 11 is 0. The summed E-state index contributed by atoms with van der Waals surface area (Å²) in [6.07, 6.45) is 2.65. The van der Waals surface area contributed by atoms with Crippen LogP contribution >= 0.6 is 0 Å². The lowest BCUT2D eigenvalue weighted by Gasteiger charge is -2.19. The first-order valence-corrected chi connectivity index (χ1v) is 6.50. The molecule has 1 N–H and O–H groups in total. The molecule has 2 rings (SSSR count). The van der Waals surface area contributed by atoms with Gasteiger partial charge in [-0.15, -0.1) is 6.58 Å². The van der Waals surface area contributed by atoms with Crippen molar-refractivity contribution in [1.82, 2.24) is 0 Å². The Labute approximate surface area is 118 Å². The van der Waals surface area contributed by atoms with E-state index in [1.807, 2.05) is 30.3 Å². The molecule has 2 aromatic carbocycles. The van der Waals surface area contributed by atoms with E-state index in [4.69, 9.17) is 4.74 Å². The standard InChI is InChI=1S/C17H18FNO/c1-3-4-17(13-5-11-16(20-2)12-6-13)19-15-9-7-14(18)8-10-15/h3,5-12,17,19H,1,4H2,2H3. The van der Waals surface area contributed by atoms with Gasteiger partial charge < -0.3 is 10.1 Å². The molecule has 2 nitrogen and oxygen atoms in total. The molecule has 0 saturated carbocycles. The fourth-order valence-corrected chi connectivity index (χ4v) is 2.03. The highest BCUT2D eigenvalue weighted by molar-refractivity contribution is 5.46. The Balaban J connectivity index is 2.16. The number of anilines is 1. The lowest BCUT2D eigenvalue weighted by atomic mass is 10.0. The van der Waals surface area contributed by atoms with Crippen molar-refractivity contribution in [3.05, 3.63) is 72.6 Å². The summed E-state index contributed by atoms with van der Waals surface area (Å²) in [4.78, 5) is 0. The monoisotopic (exact) mass is 271 g/mol. The molecule has 0 saturated heterocycles. The van der Waals surface area contributed by atoms with E-state index in [-0.39, 0.29) is 11.9 Å². The second kappa shape index (κ2) is 6.75. The highest BCUT2D eigenvalue weighted by Crippen LogP contribution is 2.25. The fraction of sp³-hybridized carbons (Fsp3) is 0.176. The van der Waals surface area contributed by atoms with Gasteiger partial charge in [-0.2, -0.15) is 0 Å². The molecule has 1 atom stereocenters. The molecule has 0 aliphatic carbocycles. The van der Waals surface area contributed by atoms with Gasteiger partial charge in [0, 0.05) is 5.69 Å². The highest BCUT2D eigenvalue weighted by atomic mass is 19.1. The quantitative estimate of drug-likeness (QED) is 0.777. The van der Waals surface area contributed by atoms with Crippen molar-refractivity contribution < 1.29 is 9.13 Å². The van der Waals surface area contributed by atoms with Gasteiger partial charge in [0.15, 0.2) is 0 Å². The minimum Gasteiger partial charge on any atom is -0.497 e. The van der Waals surface area contributed by atoms with Crippen LogP contribution in [0.25, 0.3) is 0 Å². The topological polar surface area (TPSA) is 21.3 Å². The van der Waals surface area contributed by atoms with Crippen LogP contribution in [0.2, 0.25) is 0 Å². The first-order chi connectivity index (χ1) is 9.72. The minimum absolute atomic E-state index is 0.101. The molecule has 20 heavy (non-hydrogen) atoms. The van der Waals surface area contributed by atoms with E-state index in [9.17, 15) is 4.39 Å². The van der Waals surface area contributed by atoms with E-state index >= 15 is 0 Å². The van der Waals surface area contributed by atoms with Crippen molar-refractivity contribution in [3.63, 3.8) is 0 Å². The van der Waals surface area contributed by atoms with Crippen LogP contribution in [0.5, 0.6) is 5.75 Å². The first-order valence-electron chi connectivity index (χ1n) is 6.50. The second-order valence-corrected chi connectivity index (χ2v) is 4.50. The van der Waals surface area contributed by atoms with E-state index in [0.29, 0.717) is 0 Å². The minimum atomic E-state index is -0.236. The van der Waals surface area contributed by atoms with Gasteiger partial charge in [0.05, 0.1) is 13.2 Å². The number of ether oxygens (including phenoxy) is 1. The van der Waals surface area contributed by atoms with Crippen LogP contribution in [-0.2, 0) is 0 Å². The first kappa shape index (κ1) is 14.1. The lowest BCUT2D eigenvalue weighted by Crippen LogP contribution is -2.09. The predicted octanol–water partition coefficient (Wildman–Crippen LogP) is 4.56. The third kappa shape index (κ3) is 3.60. The third-order valence-electron chi connectivity index (χ3n) is 3.11. The van der Waals surface area contributed by atoms with E-state index in [0.717, 1.165) is 23.4 Å². The van der Waals surface area contributed by atoms with Crippen molar-refractivity contribution in [2.75, 3.05) is 12.4 Å². The summed E-state index contributed by atoms with van der Waals surface area (Å²) in [5.74, 6) is 0.591. The third-order valence-corrected chi connectivity index (χ3v) is 3.11. The largest absolute Gasteiger partial charge is 0.497 e. The van der Waals surface area contributed by atoms with Crippen LogP contribution in [-0.4, -0.2) is 7.11 Å². The SMILES string of the molecule is C=CCC(Nc1ccc(F)cc1)c1ccc(OC)cc1. The summed E-state index contributed by atoms with van der Waals surface area (Å²) in [6.45, 7) is 3.79. The molecule has 1 unspecified atom stereocenters. The summed E-state index contributed by atoms with van der Waals surface area (Å²) in [6, 6.07) is 14.3. The Morgan fingerprint density at radius 1 is 1.15 bits per heavy atom. The maximum absolute atomic E-state index is 12.9. The van der Waals surface area contributed by atoms with Crippen molar-refractivity contribution >= 4 is 5.69 Å². The van der Waals surface area contributed by atoms with Crippen molar-refractivity contribution in [2.45, 2.75) is 12.5 Å². The normalized spacial score (nSPS) is 11.7. The van der Waals surface area contributed by atoms with Gasteiger partial charge in [-0.1, -0.05) is 18.2 Å². The molecule has 0 amide bonds. The number of hydrogen-bond acceptors (Lipinski definition) is 2. The van der Waals surface area contributed by atoms with E-state index in [1.165, 1.54) is 12.1 Å². The molecular weight excluding hydrogens is 253 g/mol. The Kier molecular flexibility index (Phi) is 4.77. The Bertz CT molecular complexity index is 548. The fourth-order valence-electron chi connectivity index (χ4n) is 2.03. The Hall–Kier alpha value is -2.29. The molecule has 0 heterocycles. The maximum Gasteiger partial charge on any atom is 0.123 e. The molecule has 0 bridgehead atoms. The van der Waals surface area contributed by atoms with Gasteiger partial charge in [0.2, 0.25) is 0 Å². The number of methoxy groups -OCH3 is 1. The van der Waals surface area contributed by atoms with Gasteiger partial charge in [-0.3, -0.25) is 0 Å². The Morgan fingerprint density at radius 2 is 1.80 bits per heavy atom. The zero-order valence-electron chi connectivity index (χ0n) is 11.5. The zero-order chi connectivity index (χ0) is 14.4. The maximum atomic E-state index is 12.9. The van der Waals surface area contributed by atoms with Crippen LogP contribution in [0.15, 0.2) is 61.2 Å². The number of halogens is 1. The van der Waals surface area contributed by atoms with Crippen molar-refractivity contribution in [1.29, 1.82) is 0 Å². The predicted molar refractivity (Wildman–Crippen MR) is 80.6 cm³/mol. The molecule has 2 aromatic rings. The van der Waals surface area contributed by atoms with Gasteiger partial charge in [0.1, 0.15) is 11.6 Å². The van der Waals surface area contributed by atoms with E-state index in [1.54, 1.807) is 19.2 Å². The molecule has 0 spiro atoms. The summed E-state index contributed by atoms with van der Waals surface area (Å²) in [7, 11) is 1.65. The molecule has 0 fully saturated rings. The van der Waals surface area contributed by atoms with Crippen LogP contribution in [0, 0.1) is 5.82 Å². The molecule has 0 aliphatic rings. The Morgan fingerprint density at radius 3 is 2.35 bits per heavy atom. The molecule has 104 valence electrons. The van der Waals surface area contributed by atoms with Crippen molar-refractivity contribution in [3.8, 4) is 5.75 Å². The second-order valence-electron chi connectivity index (χ2n) is 4.50. The molecule has 0 aromatic heterocycles. The number of benzene rings is 2. The number of rotatable bonds is 6. The van der Waals surface area contributed by atoms with Crippen LogP contribution in [0.3, 0.4) is 0 Å². The average Bonchev–Trinajstić information content (AvgIpc) is 2.49. The molecular formula is C17H18FNO. The van der Waals surface area contributed by atoms with Gasteiger partial charge in [0.25, 0.3) is 0 Å². The summed E-state index contributed by atoms with van der Waals surface area (Å²) in [5.41, 5.74) is 2.02. The van der Waals surface area contributed by atoms with Crippen molar-refractivity contribution in [2.24, 2.45) is 0 Å². The summed E-state index contributed by atoms with van der Waals surface area (Å²) in [5, 5.41) is 3.38. The van der Waals surface area contributed by atoms with Crippen LogP contribution in [0.1, 0.15) is 18.0 Å². The highest BCUT2D eigenvalue weighted by Gasteiger charge is 2.10. The van der Waals surface area contributed by atoms with Crippen LogP contribution in [0.4, 0.5) is 10.1 Å². The average molecular weight is 271 g/mol. The smallest absolute Gasteiger partial charge is 0.123 e. The van der Waals surface area contributed by atoms with E-state index < -0.39 is 0 Å². The van der Waals surface area contributed by atoms with Gasteiger partial charge >= 0.3 is 0 Å².